The fourth-order valence-corrected chi connectivity index (χ4v) is 1.81. The van der Waals surface area contributed by atoms with Gasteiger partial charge in [0.25, 0.3) is 0 Å². The Hall–Kier alpha value is -2.04. The Morgan fingerprint density at radius 2 is 1.84 bits per heavy atom. The van der Waals surface area contributed by atoms with Gasteiger partial charge in [0, 0.05) is 19.6 Å². The number of ether oxygens (including phenoxy) is 1. The fourth-order valence-electron chi connectivity index (χ4n) is 1.81. The van der Waals surface area contributed by atoms with Gasteiger partial charge in [-0.3, -0.25) is 0 Å². The average Bonchev–Trinajstić information content (AvgIpc) is 2.37. The predicted molar refractivity (Wildman–Crippen MR) is 72.6 cm³/mol. The Morgan fingerprint density at radius 1 is 1.16 bits per heavy atom. The highest BCUT2D eigenvalue weighted by atomic mass is 16.6. The first-order valence-corrected chi connectivity index (χ1v) is 5.89. The Kier molecular flexibility index (Phi) is 3.74. The number of hydrogen-bond donors (Lipinski definition) is 3. The first-order chi connectivity index (χ1) is 9.00. The van der Waals surface area contributed by atoms with Crippen LogP contribution in [-0.4, -0.2) is 28.2 Å². The van der Waals surface area contributed by atoms with E-state index in [1.165, 1.54) is 13.2 Å². The molecule has 0 fully saturated rings. The molecule has 0 bridgehead atoms. The Balaban J connectivity index is 2.10. The number of phenolic OH excluding ortho intramolecular Hbond substituents is 2. The molecule has 0 saturated carbocycles. The van der Waals surface area contributed by atoms with Gasteiger partial charge in [-0.05, 0) is 29.3 Å². The summed E-state index contributed by atoms with van der Waals surface area (Å²) in [4.78, 5) is 0. The summed E-state index contributed by atoms with van der Waals surface area (Å²) in [6.45, 7) is 0. The van der Waals surface area contributed by atoms with E-state index in [-0.39, 0.29) is 11.5 Å². The molecule has 3 N–H and O–H groups in total. The maximum absolute atomic E-state index is 9.81. The first kappa shape index (κ1) is 13.4. The molecule has 1 aliphatic rings. The van der Waals surface area contributed by atoms with Crippen molar-refractivity contribution in [3.05, 3.63) is 53.6 Å². The first-order valence-electron chi connectivity index (χ1n) is 5.89. The van der Waals surface area contributed by atoms with E-state index >= 15 is 0 Å². The van der Waals surface area contributed by atoms with E-state index in [2.05, 4.69) is 0 Å². The number of hydrogen-bond acceptors (Lipinski definition) is 4. The molecule has 4 nitrogen and oxygen atoms in total. The molecule has 0 amide bonds. The molecule has 1 aliphatic carbocycles. The third kappa shape index (κ3) is 3.47. The number of aliphatic hydroxyl groups is 1. The van der Waals surface area contributed by atoms with Crippen molar-refractivity contribution in [1.29, 1.82) is 0 Å². The van der Waals surface area contributed by atoms with Gasteiger partial charge in [-0.2, -0.15) is 0 Å². The van der Waals surface area contributed by atoms with Crippen LogP contribution in [0.15, 0.2) is 48.1 Å². The second kappa shape index (κ2) is 5.30. The minimum atomic E-state index is -1.22. The summed E-state index contributed by atoms with van der Waals surface area (Å²) in [5.74, 6) is -1.19. The lowest BCUT2D eigenvalue weighted by atomic mass is 10.0. The van der Waals surface area contributed by atoms with E-state index in [1.807, 2.05) is 12.2 Å². The van der Waals surface area contributed by atoms with Gasteiger partial charge in [0.15, 0.2) is 5.79 Å². The SMILES string of the molecule is CO[C@]1(O)C=CC(/C=C\c2cc(O)cc(O)c2)=CC1. The molecule has 1 aromatic carbocycles. The molecule has 0 saturated heterocycles. The van der Waals surface area contributed by atoms with Crippen molar-refractivity contribution < 1.29 is 20.1 Å². The number of methoxy groups -OCH3 is 1. The van der Waals surface area contributed by atoms with Crippen molar-refractivity contribution in [2.75, 3.05) is 7.11 Å². The van der Waals surface area contributed by atoms with Crippen LogP contribution in [0, 0.1) is 0 Å². The summed E-state index contributed by atoms with van der Waals surface area (Å²) in [6, 6.07) is 4.37. The van der Waals surface area contributed by atoms with Crippen LogP contribution in [-0.2, 0) is 4.74 Å². The zero-order valence-electron chi connectivity index (χ0n) is 10.6. The molecule has 100 valence electrons. The summed E-state index contributed by atoms with van der Waals surface area (Å²) in [6.07, 6.45) is 9.18. The monoisotopic (exact) mass is 260 g/mol. The van der Waals surface area contributed by atoms with Gasteiger partial charge >= 0.3 is 0 Å². The van der Waals surface area contributed by atoms with Crippen molar-refractivity contribution in [3.8, 4) is 11.5 Å². The number of rotatable bonds is 3. The van der Waals surface area contributed by atoms with Gasteiger partial charge in [0.05, 0.1) is 0 Å². The number of phenols is 2. The van der Waals surface area contributed by atoms with Gasteiger partial charge in [-0.15, -0.1) is 0 Å². The van der Waals surface area contributed by atoms with E-state index in [1.54, 1.807) is 30.4 Å². The summed E-state index contributed by atoms with van der Waals surface area (Å²) < 4.78 is 4.96. The number of benzene rings is 1. The number of allylic oxidation sites excluding steroid dienone is 3. The highest BCUT2D eigenvalue weighted by Gasteiger charge is 2.23. The van der Waals surface area contributed by atoms with Crippen LogP contribution in [0.2, 0.25) is 0 Å². The van der Waals surface area contributed by atoms with Gasteiger partial charge in [0.2, 0.25) is 0 Å². The smallest absolute Gasteiger partial charge is 0.188 e. The van der Waals surface area contributed by atoms with E-state index in [0.717, 1.165) is 5.57 Å². The van der Waals surface area contributed by atoms with Gasteiger partial charge in [-0.25, -0.2) is 0 Å². The molecule has 0 heterocycles. The van der Waals surface area contributed by atoms with E-state index in [0.29, 0.717) is 12.0 Å². The molecule has 0 aromatic heterocycles. The van der Waals surface area contributed by atoms with Crippen molar-refractivity contribution in [3.63, 3.8) is 0 Å². The van der Waals surface area contributed by atoms with Crippen molar-refractivity contribution in [1.82, 2.24) is 0 Å². The third-order valence-corrected chi connectivity index (χ3v) is 2.91. The Labute approximate surface area is 111 Å². The highest BCUT2D eigenvalue weighted by molar-refractivity contribution is 5.58. The predicted octanol–water partition coefficient (Wildman–Crippen LogP) is 2.33. The van der Waals surface area contributed by atoms with Crippen LogP contribution in [0.4, 0.5) is 0 Å². The summed E-state index contributed by atoms with van der Waals surface area (Å²) in [5.41, 5.74) is 1.61. The standard InChI is InChI=1S/C15H16O4/c1-19-15(18)6-4-11(5-7-15)2-3-12-8-13(16)10-14(17)9-12/h2-6,8-10,16-18H,7H2,1H3/b3-2-/t15-/m1/s1. The van der Waals surface area contributed by atoms with Crippen LogP contribution < -0.4 is 0 Å². The van der Waals surface area contributed by atoms with Crippen LogP contribution in [0.1, 0.15) is 12.0 Å². The maximum atomic E-state index is 9.81. The van der Waals surface area contributed by atoms with Crippen LogP contribution in [0.25, 0.3) is 6.08 Å². The quantitative estimate of drug-likeness (QED) is 0.729. The minimum Gasteiger partial charge on any atom is -0.508 e. The lowest BCUT2D eigenvalue weighted by Crippen LogP contribution is -2.28. The number of aromatic hydroxyl groups is 2. The minimum absolute atomic E-state index is 0.0153. The normalized spacial score (nSPS) is 22.7. The molecule has 0 unspecified atom stereocenters. The summed E-state index contributed by atoms with van der Waals surface area (Å²) in [7, 11) is 1.45. The largest absolute Gasteiger partial charge is 0.508 e. The van der Waals surface area contributed by atoms with Crippen LogP contribution in [0.5, 0.6) is 11.5 Å². The molecular weight excluding hydrogens is 244 g/mol. The van der Waals surface area contributed by atoms with E-state index < -0.39 is 5.79 Å². The van der Waals surface area contributed by atoms with E-state index in [4.69, 9.17) is 4.74 Å². The molecule has 19 heavy (non-hydrogen) atoms. The molecule has 0 spiro atoms. The van der Waals surface area contributed by atoms with Gasteiger partial charge in [0.1, 0.15) is 11.5 Å². The summed E-state index contributed by atoms with van der Waals surface area (Å²) >= 11 is 0. The maximum Gasteiger partial charge on any atom is 0.188 e. The molecule has 1 atom stereocenters. The Morgan fingerprint density at radius 3 is 2.37 bits per heavy atom. The lowest BCUT2D eigenvalue weighted by Gasteiger charge is -2.23. The van der Waals surface area contributed by atoms with Crippen LogP contribution >= 0.6 is 0 Å². The van der Waals surface area contributed by atoms with Crippen molar-refractivity contribution >= 4 is 6.08 Å². The van der Waals surface area contributed by atoms with Crippen molar-refractivity contribution in [2.24, 2.45) is 0 Å². The second-order valence-corrected chi connectivity index (χ2v) is 4.41. The molecule has 0 aliphatic heterocycles. The summed E-state index contributed by atoms with van der Waals surface area (Å²) in [5, 5.41) is 28.5. The Bertz CT molecular complexity index is 537. The zero-order valence-corrected chi connectivity index (χ0v) is 10.6. The second-order valence-electron chi connectivity index (χ2n) is 4.41. The van der Waals surface area contributed by atoms with Gasteiger partial charge < -0.3 is 20.1 Å². The van der Waals surface area contributed by atoms with Gasteiger partial charge in [-0.1, -0.05) is 24.3 Å². The molecule has 4 heteroatoms. The highest BCUT2D eigenvalue weighted by Crippen LogP contribution is 2.24. The fraction of sp³-hybridized carbons (Fsp3) is 0.200. The topological polar surface area (TPSA) is 69.9 Å². The molecule has 2 rings (SSSR count). The average molecular weight is 260 g/mol. The third-order valence-electron chi connectivity index (χ3n) is 2.91. The molecule has 1 aromatic rings. The molecular formula is C15H16O4. The molecule has 0 radical (unpaired) electrons. The van der Waals surface area contributed by atoms with Crippen LogP contribution in [0.3, 0.4) is 0 Å². The van der Waals surface area contributed by atoms with Crippen molar-refractivity contribution in [2.45, 2.75) is 12.2 Å². The van der Waals surface area contributed by atoms with E-state index in [9.17, 15) is 15.3 Å². The lowest BCUT2D eigenvalue weighted by molar-refractivity contribution is -0.143. The zero-order chi connectivity index (χ0) is 13.9.